The van der Waals surface area contributed by atoms with Crippen LogP contribution >= 0.6 is 0 Å². The number of alkyl halides is 2. The van der Waals surface area contributed by atoms with Crippen molar-refractivity contribution in [3.63, 3.8) is 0 Å². The zero-order valence-electron chi connectivity index (χ0n) is 13.9. The number of hydrogen-bond donors (Lipinski definition) is 1. The number of aromatic nitrogens is 3. The molecular formula is C18H18F2N4O. The topological polar surface area (TPSA) is 59.3 Å². The van der Waals surface area contributed by atoms with Crippen molar-refractivity contribution in [1.82, 2.24) is 19.9 Å². The van der Waals surface area contributed by atoms with Crippen LogP contribution in [0.5, 0.6) is 0 Å². The maximum Gasteiger partial charge on any atom is 0.280 e. The van der Waals surface area contributed by atoms with Crippen LogP contribution in [-0.2, 0) is 0 Å². The van der Waals surface area contributed by atoms with Crippen LogP contribution in [0, 0.1) is 0 Å². The molecule has 1 amide bonds. The summed E-state index contributed by atoms with van der Waals surface area (Å²) < 4.78 is 28.0. The molecule has 0 fully saturated rings. The summed E-state index contributed by atoms with van der Waals surface area (Å²) in [4.78, 5) is 16.8. The highest BCUT2D eigenvalue weighted by atomic mass is 19.3. The summed E-state index contributed by atoms with van der Waals surface area (Å²) in [6.45, 7) is 3.82. The van der Waals surface area contributed by atoms with E-state index in [-0.39, 0.29) is 28.9 Å². The highest BCUT2D eigenvalue weighted by molar-refractivity contribution is 6.00. The first-order valence-corrected chi connectivity index (χ1v) is 8.04. The van der Waals surface area contributed by atoms with Crippen LogP contribution in [0.4, 0.5) is 8.78 Å². The summed E-state index contributed by atoms with van der Waals surface area (Å²) in [5.74, 6) is -0.373. The lowest BCUT2D eigenvalue weighted by molar-refractivity contribution is 0.0940. The lowest BCUT2D eigenvalue weighted by Crippen LogP contribution is -2.31. The highest BCUT2D eigenvalue weighted by Gasteiger charge is 2.22. The third kappa shape index (κ3) is 3.35. The summed E-state index contributed by atoms with van der Waals surface area (Å²) in [6, 6.07) is 10.3. The quantitative estimate of drug-likeness (QED) is 0.764. The van der Waals surface area contributed by atoms with E-state index in [4.69, 9.17) is 0 Å². The summed E-state index contributed by atoms with van der Waals surface area (Å²) >= 11 is 0. The zero-order chi connectivity index (χ0) is 18.0. The van der Waals surface area contributed by atoms with Gasteiger partial charge >= 0.3 is 0 Å². The Kier molecular flexibility index (Phi) is 4.74. The molecule has 0 spiro atoms. The second-order valence-corrected chi connectivity index (χ2v) is 5.81. The van der Waals surface area contributed by atoms with Gasteiger partial charge in [0.15, 0.2) is 5.65 Å². The number of nitrogens with one attached hydrogen (secondary N) is 1. The third-order valence-electron chi connectivity index (χ3n) is 4.03. The number of rotatable bonds is 5. The molecule has 0 bridgehead atoms. The molecular weight excluding hydrogens is 326 g/mol. The molecule has 0 unspecified atom stereocenters. The Bertz CT molecular complexity index is 893. The maximum absolute atomic E-state index is 13.5. The molecule has 0 aliphatic carbocycles. The SMILES string of the molecule is CC[C@H](C)NC(=O)c1cnn2c(C(F)F)cc(-c3ccccc3)nc12. The number of carbonyl (C=O) groups is 1. The van der Waals surface area contributed by atoms with E-state index in [0.717, 1.165) is 10.9 Å². The molecule has 2 heterocycles. The molecule has 2 aromatic heterocycles. The lowest BCUT2D eigenvalue weighted by atomic mass is 10.1. The van der Waals surface area contributed by atoms with Gasteiger partial charge in [-0.15, -0.1) is 0 Å². The molecule has 25 heavy (non-hydrogen) atoms. The molecule has 7 heteroatoms. The van der Waals surface area contributed by atoms with E-state index in [1.165, 1.54) is 12.3 Å². The van der Waals surface area contributed by atoms with Crippen molar-refractivity contribution in [3.05, 3.63) is 53.9 Å². The van der Waals surface area contributed by atoms with Crippen molar-refractivity contribution in [2.45, 2.75) is 32.7 Å². The second-order valence-electron chi connectivity index (χ2n) is 5.81. The van der Waals surface area contributed by atoms with Crippen LogP contribution in [-0.4, -0.2) is 26.5 Å². The van der Waals surface area contributed by atoms with E-state index in [0.29, 0.717) is 11.3 Å². The van der Waals surface area contributed by atoms with E-state index >= 15 is 0 Å². The average molecular weight is 344 g/mol. The van der Waals surface area contributed by atoms with Gasteiger partial charge in [-0.25, -0.2) is 18.3 Å². The molecule has 1 aromatic carbocycles. The van der Waals surface area contributed by atoms with Crippen LogP contribution in [0.25, 0.3) is 16.9 Å². The minimum Gasteiger partial charge on any atom is -0.349 e. The van der Waals surface area contributed by atoms with Crippen molar-refractivity contribution in [1.29, 1.82) is 0 Å². The van der Waals surface area contributed by atoms with Gasteiger partial charge in [0.1, 0.15) is 11.3 Å². The first-order valence-electron chi connectivity index (χ1n) is 8.04. The molecule has 3 rings (SSSR count). The van der Waals surface area contributed by atoms with Crippen molar-refractivity contribution in [2.24, 2.45) is 0 Å². The van der Waals surface area contributed by atoms with Crippen LogP contribution < -0.4 is 5.32 Å². The minimum absolute atomic E-state index is 0.0330. The standard InChI is InChI=1S/C18H18F2N4O/c1-3-11(2)22-18(25)13-10-21-24-15(16(19)20)9-14(23-17(13)24)12-7-5-4-6-8-12/h4-11,16H,3H2,1-2H3,(H,22,25)/t11-/m0/s1. The molecule has 0 radical (unpaired) electrons. The molecule has 5 nitrogen and oxygen atoms in total. The smallest absolute Gasteiger partial charge is 0.280 e. The van der Waals surface area contributed by atoms with Gasteiger partial charge in [0.25, 0.3) is 12.3 Å². The van der Waals surface area contributed by atoms with Gasteiger partial charge in [-0.2, -0.15) is 5.10 Å². The van der Waals surface area contributed by atoms with E-state index < -0.39 is 6.43 Å². The molecule has 1 N–H and O–H groups in total. The van der Waals surface area contributed by atoms with E-state index in [1.807, 2.05) is 19.9 Å². The van der Waals surface area contributed by atoms with Crippen molar-refractivity contribution in [3.8, 4) is 11.3 Å². The Hall–Kier alpha value is -2.83. The summed E-state index contributed by atoms with van der Waals surface area (Å²) in [6.07, 6.45) is -0.699. The molecule has 1 atom stereocenters. The van der Waals surface area contributed by atoms with Gasteiger partial charge in [0, 0.05) is 11.6 Å². The number of nitrogens with zero attached hydrogens (tertiary/aromatic N) is 3. The molecule has 0 aliphatic heterocycles. The number of carbonyl (C=O) groups excluding carboxylic acids is 1. The Labute approximate surface area is 143 Å². The van der Waals surface area contributed by atoms with Gasteiger partial charge in [-0.3, -0.25) is 4.79 Å². The highest BCUT2D eigenvalue weighted by Crippen LogP contribution is 2.26. The second kappa shape index (κ2) is 6.96. The molecule has 130 valence electrons. The van der Waals surface area contributed by atoms with Crippen LogP contribution in [0.3, 0.4) is 0 Å². The predicted molar refractivity (Wildman–Crippen MR) is 90.6 cm³/mol. The monoisotopic (exact) mass is 344 g/mol. The van der Waals surface area contributed by atoms with Gasteiger partial charge in [-0.1, -0.05) is 37.3 Å². The largest absolute Gasteiger partial charge is 0.349 e. The molecule has 3 aromatic rings. The van der Waals surface area contributed by atoms with Gasteiger partial charge in [0.2, 0.25) is 0 Å². The van der Waals surface area contributed by atoms with Crippen LogP contribution in [0.1, 0.15) is 42.7 Å². The van der Waals surface area contributed by atoms with Gasteiger partial charge in [0.05, 0.1) is 11.9 Å². The zero-order valence-corrected chi connectivity index (χ0v) is 13.9. The van der Waals surface area contributed by atoms with Crippen LogP contribution in [0.15, 0.2) is 42.6 Å². The number of benzene rings is 1. The van der Waals surface area contributed by atoms with Gasteiger partial charge in [-0.05, 0) is 19.4 Å². The lowest BCUT2D eigenvalue weighted by Gasteiger charge is -2.11. The first-order chi connectivity index (χ1) is 12.0. The fourth-order valence-corrected chi connectivity index (χ4v) is 2.46. The fraction of sp³-hybridized carbons (Fsp3) is 0.278. The van der Waals surface area contributed by atoms with Crippen molar-refractivity contribution >= 4 is 11.6 Å². The average Bonchev–Trinajstić information content (AvgIpc) is 3.05. The first kappa shape index (κ1) is 17.0. The van der Waals surface area contributed by atoms with Gasteiger partial charge < -0.3 is 5.32 Å². The Morgan fingerprint density at radius 3 is 2.64 bits per heavy atom. The number of hydrogen-bond acceptors (Lipinski definition) is 3. The normalized spacial score (nSPS) is 12.5. The van der Waals surface area contributed by atoms with E-state index in [9.17, 15) is 13.6 Å². The van der Waals surface area contributed by atoms with E-state index in [1.54, 1.807) is 24.3 Å². The Balaban J connectivity index is 2.15. The molecule has 0 aliphatic rings. The summed E-state index contributed by atoms with van der Waals surface area (Å²) in [7, 11) is 0. The number of halogens is 2. The van der Waals surface area contributed by atoms with Crippen molar-refractivity contribution in [2.75, 3.05) is 0 Å². The Morgan fingerprint density at radius 2 is 2.00 bits per heavy atom. The maximum atomic E-state index is 13.5. The van der Waals surface area contributed by atoms with Crippen molar-refractivity contribution < 1.29 is 13.6 Å². The number of amides is 1. The molecule has 0 saturated heterocycles. The predicted octanol–water partition coefficient (Wildman–Crippen LogP) is 3.86. The summed E-state index contributed by atoms with van der Waals surface area (Å²) in [5.41, 5.74) is 1.08. The van der Waals surface area contributed by atoms with E-state index in [2.05, 4.69) is 15.4 Å². The number of fused-ring (bicyclic) bond motifs is 1. The molecule has 0 saturated carbocycles. The van der Waals surface area contributed by atoms with Crippen LogP contribution in [0.2, 0.25) is 0 Å². The Morgan fingerprint density at radius 1 is 1.28 bits per heavy atom. The third-order valence-corrected chi connectivity index (χ3v) is 4.03. The fourth-order valence-electron chi connectivity index (χ4n) is 2.46. The summed E-state index contributed by atoms with van der Waals surface area (Å²) in [5, 5.41) is 6.75. The minimum atomic E-state index is -2.74.